The number of Topliss-reactive ketones (excluding diaryl/α,β-unsaturated/α-hetero) is 1. The third kappa shape index (κ3) is 1.95. The maximum Gasteiger partial charge on any atom is 0.200 e. The molecule has 2 aliphatic carbocycles. The standard InChI is InChI=1S/C19H11BrO/c20-18-9-8-16-15-7-6-13(12-4-2-1-3-5-12)10-14(15)11-17(16)19(18)21/h1-11H. The Morgan fingerprint density at radius 2 is 1.62 bits per heavy atom. The number of allylic oxidation sites excluding steroid dienone is 5. The molecule has 0 unspecified atom stereocenters. The summed E-state index contributed by atoms with van der Waals surface area (Å²) in [4.78, 5) is 12.2. The largest absolute Gasteiger partial charge is 0.288 e. The molecule has 0 aliphatic heterocycles. The lowest BCUT2D eigenvalue weighted by Crippen LogP contribution is -2.04. The molecule has 0 amide bonds. The normalized spacial score (nSPS) is 15.9. The first-order valence-electron chi connectivity index (χ1n) is 6.78. The van der Waals surface area contributed by atoms with Crippen LogP contribution in [0.2, 0.25) is 0 Å². The summed E-state index contributed by atoms with van der Waals surface area (Å²) in [5, 5.41) is 0. The summed E-state index contributed by atoms with van der Waals surface area (Å²) in [5.74, 6) is 0.0601. The number of carbonyl (C=O) groups is 1. The van der Waals surface area contributed by atoms with E-state index in [0.29, 0.717) is 4.48 Å². The molecule has 0 atom stereocenters. The van der Waals surface area contributed by atoms with Crippen molar-refractivity contribution in [2.75, 3.05) is 0 Å². The van der Waals surface area contributed by atoms with Gasteiger partial charge >= 0.3 is 0 Å². The number of rotatable bonds is 1. The summed E-state index contributed by atoms with van der Waals surface area (Å²) < 4.78 is 0.619. The summed E-state index contributed by atoms with van der Waals surface area (Å²) in [7, 11) is 0. The minimum atomic E-state index is 0.0601. The lowest BCUT2D eigenvalue weighted by molar-refractivity contribution is -0.111. The van der Waals surface area contributed by atoms with Crippen LogP contribution in [0.1, 0.15) is 11.1 Å². The van der Waals surface area contributed by atoms with Gasteiger partial charge in [0.2, 0.25) is 5.78 Å². The molecule has 1 nitrogen and oxygen atoms in total. The molecule has 0 fully saturated rings. The molecule has 2 aromatic carbocycles. The van der Waals surface area contributed by atoms with Crippen molar-refractivity contribution in [2.45, 2.75) is 0 Å². The molecule has 2 aliphatic rings. The van der Waals surface area contributed by atoms with Crippen molar-refractivity contribution in [3.05, 3.63) is 81.9 Å². The third-order valence-electron chi connectivity index (χ3n) is 3.90. The molecule has 0 bridgehead atoms. The van der Waals surface area contributed by atoms with Gasteiger partial charge in [0, 0.05) is 5.57 Å². The molecule has 0 spiro atoms. The average Bonchev–Trinajstić information content (AvgIpc) is 2.90. The van der Waals surface area contributed by atoms with E-state index in [9.17, 15) is 4.79 Å². The fourth-order valence-electron chi connectivity index (χ4n) is 2.84. The first-order valence-corrected chi connectivity index (χ1v) is 7.57. The van der Waals surface area contributed by atoms with E-state index in [0.717, 1.165) is 22.3 Å². The number of hydrogen-bond donors (Lipinski definition) is 0. The van der Waals surface area contributed by atoms with Crippen molar-refractivity contribution in [3.63, 3.8) is 0 Å². The molecule has 4 rings (SSSR count). The van der Waals surface area contributed by atoms with E-state index in [1.54, 1.807) is 0 Å². The summed E-state index contributed by atoms with van der Waals surface area (Å²) in [6.07, 6.45) is 5.82. The van der Waals surface area contributed by atoms with E-state index in [1.165, 1.54) is 11.1 Å². The van der Waals surface area contributed by atoms with Gasteiger partial charge in [0.05, 0.1) is 4.48 Å². The fraction of sp³-hybridized carbons (Fsp3) is 0. The zero-order valence-corrected chi connectivity index (χ0v) is 12.7. The first kappa shape index (κ1) is 12.5. The van der Waals surface area contributed by atoms with Crippen LogP contribution in [0.4, 0.5) is 0 Å². The minimum Gasteiger partial charge on any atom is -0.288 e. The molecule has 0 saturated heterocycles. The highest BCUT2D eigenvalue weighted by Crippen LogP contribution is 2.41. The molecule has 21 heavy (non-hydrogen) atoms. The van der Waals surface area contributed by atoms with Crippen LogP contribution in [0.15, 0.2) is 70.7 Å². The van der Waals surface area contributed by atoms with Crippen molar-refractivity contribution in [1.82, 2.24) is 0 Å². The van der Waals surface area contributed by atoms with Gasteiger partial charge in [0.25, 0.3) is 0 Å². The molecule has 0 aromatic heterocycles. The molecular weight excluding hydrogens is 324 g/mol. The van der Waals surface area contributed by atoms with Crippen LogP contribution in [-0.4, -0.2) is 5.78 Å². The SMILES string of the molecule is O=C1C(Br)=CC=C2C1=Cc1cc(-c3ccccc3)ccc12. The number of carbonyl (C=O) groups excluding carboxylic acids is 1. The highest BCUT2D eigenvalue weighted by molar-refractivity contribution is 9.12. The molecule has 0 heterocycles. The summed E-state index contributed by atoms with van der Waals surface area (Å²) in [6.45, 7) is 0. The average molecular weight is 335 g/mol. The molecule has 0 radical (unpaired) electrons. The Balaban J connectivity index is 1.85. The molecule has 100 valence electrons. The van der Waals surface area contributed by atoms with Crippen molar-refractivity contribution < 1.29 is 4.79 Å². The molecule has 2 heteroatoms. The first-order chi connectivity index (χ1) is 10.2. The smallest absolute Gasteiger partial charge is 0.200 e. The van der Waals surface area contributed by atoms with Crippen LogP contribution >= 0.6 is 15.9 Å². The van der Waals surface area contributed by atoms with Gasteiger partial charge < -0.3 is 0 Å². The van der Waals surface area contributed by atoms with Crippen LogP contribution < -0.4 is 0 Å². The molecular formula is C19H11BrO. The number of benzene rings is 2. The maximum atomic E-state index is 12.2. The van der Waals surface area contributed by atoms with Crippen molar-refractivity contribution >= 4 is 33.4 Å². The highest BCUT2D eigenvalue weighted by atomic mass is 79.9. The Kier molecular flexibility index (Phi) is 2.79. The number of ketones is 1. The topological polar surface area (TPSA) is 17.1 Å². The van der Waals surface area contributed by atoms with Crippen molar-refractivity contribution in [3.8, 4) is 11.1 Å². The second-order valence-corrected chi connectivity index (χ2v) is 6.00. The Hall–Kier alpha value is -2.19. The van der Waals surface area contributed by atoms with Crippen LogP contribution in [0.5, 0.6) is 0 Å². The van der Waals surface area contributed by atoms with E-state index < -0.39 is 0 Å². The van der Waals surface area contributed by atoms with Gasteiger partial charge in [0.1, 0.15) is 0 Å². The summed E-state index contributed by atoms with van der Waals surface area (Å²) >= 11 is 3.31. The third-order valence-corrected chi connectivity index (χ3v) is 4.52. The van der Waals surface area contributed by atoms with Gasteiger partial charge in [-0.3, -0.25) is 4.79 Å². The quantitative estimate of drug-likeness (QED) is 0.717. The van der Waals surface area contributed by atoms with Crippen molar-refractivity contribution in [1.29, 1.82) is 0 Å². The van der Waals surface area contributed by atoms with E-state index in [2.05, 4.69) is 46.3 Å². The van der Waals surface area contributed by atoms with Gasteiger partial charge in [-0.1, -0.05) is 48.5 Å². The lowest BCUT2D eigenvalue weighted by Gasteiger charge is -2.10. The van der Waals surface area contributed by atoms with Crippen LogP contribution in [0.3, 0.4) is 0 Å². The summed E-state index contributed by atoms with van der Waals surface area (Å²) in [6, 6.07) is 16.6. The Labute approximate surface area is 131 Å². The fourth-order valence-corrected chi connectivity index (χ4v) is 3.19. The van der Waals surface area contributed by atoms with Crippen LogP contribution in [0.25, 0.3) is 22.8 Å². The van der Waals surface area contributed by atoms with Gasteiger partial charge in [-0.15, -0.1) is 0 Å². The molecule has 2 aromatic rings. The second-order valence-electron chi connectivity index (χ2n) is 5.15. The van der Waals surface area contributed by atoms with Gasteiger partial charge in [-0.25, -0.2) is 0 Å². The number of fused-ring (bicyclic) bond motifs is 3. The Morgan fingerprint density at radius 1 is 0.810 bits per heavy atom. The van der Waals surface area contributed by atoms with Crippen molar-refractivity contribution in [2.24, 2.45) is 0 Å². The molecule has 0 saturated carbocycles. The van der Waals surface area contributed by atoms with E-state index in [4.69, 9.17) is 0 Å². The number of hydrogen-bond acceptors (Lipinski definition) is 1. The predicted octanol–water partition coefficient (Wildman–Crippen LogP) is 5.00. The Bertz CT molecular complexity index is 854. The second kappa shape index (κ2) is 4.68. The van der Waals surface area contributed by atoms with E-state index in [1.807, 2.05) is 36.4 Å². The highest BCUT2D eigenvalue weighted by Gasteiger charge is 2.27. The van der Waals surface area contributed by atoms with Gasteiger partial charge in [0.15, 0.2) is 0 Å². The predicted molar refractivity (Wildman–Crippen MR) is 89.8 cm³/mol. The van der Waals surface area contributed by atoms with Crippen LogP contribution in [-0.2, 0) is 4.79 Å². The van der Waals surface area contributed by atoms with Gasteiger partial charge in [-0.05, 0) is 62.0 Å². The molecule has 0 N–H and O–H groups in total. The van der Waals surface area contributed by atoms with Gasteiger partial charge in [-0.2, -0.15) is 0 Å². The van der Waals surface area contributed by atoms with E-state index in [-0.39, 0.29) is 5.78 Å². The number of halogens is 1. The zero-order valence-electron chi connectivity index (χ0n) is 11.1. The maximum absolute atomic E-state index is 12.2. The van der Waals surface area contributed by atoms with E-state index >= 15 is 0 Å². The Morgan fingerprint density at radius 3 is 2.43 bits per heavy atom. The lowest BCUT2D eigenvalue weighted by atomic mass is 9.95. The van der Waals surface area contributed by atoms with Crippen LogP contribution in [0, 0.1) is 0 Å². The summed E-state index contributed by atoms with van der Waals surface area (Å²) in [5.41, 5.74) is 6.41. The minimum absolute atomic E-state index is 0.0601. The monoisotopic (exact) mass is 334 g/mol. The zero-order chi connectivity index (χ0) is 14.4.